The number of amides is 2. The predicted molar refractivity (Wildman–Crippen MR) is 125 cm³/mol. The summed E-state index contributed by atoms with van der Waals surface area (Å²) < 4.78 is 10.8. The molecule has 0 bridgehead atoms. The lowest BCUT2D eigenvalue weighted by Gasteiger charge is -2.29. The largest absolute Gasteiger partial charge is 0.454 e. The van der Waals surface area contributed by atoms with E-state index in [-0.39, 0.29) is 31.6 Å². The van der Waals surface area contributed by atoms with Crippen molar-refractivity contribution in [2.45, 2.75) is 46.2 Å². The highest BCUT2D eigenvalue weighted by molar-refractivity contribution is 6.42. The van der Waals surface area contributed by atoms with Gasteiger partial charge in [0.05, 0.1) is 10.0 Å². The van der Waals surface area contributed by atoms with Gasteiger partial charge in [0.15, 0.2) is 11.5 Å². The van der Waals surface area contributed by atoms with Gasteiger partial charge in [-0.15, -0.1) is 0 Å². The Hall–Kier alpha value is -2.44. The van der Waals surface area contributed by atoms with Crippen LogP contribution in [-0.2, 0) is 22.6 Å². The number of rotatable bonds is 9. The van der Waals surface area contributed by atoms with Gasteiger partial charge in [-0.2, -0.15) is 0 Å². The first-order chi connectivity index (χ1) is 15.2. The third-order valence-corrected chi connectivity index (χ3v) is 5.99. The zero-order valence-corrected chi connectivity index (χ0v) is 20.0. The standard InChI is InChI=1S/C24H28Cl2N2O4/c1-15(2)12-27-24(30)16(3)28(13-18-4-7-19(25)20(26)10-18)23(29)9-6-17-5-8-21-22(11-17)32-14-31-21/h4-5,7-8,10-11,15-16H,6,9,12-14H2,1-3H3,(H,27,30)/t16-/m0/s1. The molecule has 3 rings (SSSR count). The maximum atomic E-state index is 13.2. The highest BCUT2D eigenvalue weighted by atomic mass is 35.5. The van der Waals surface area contributed by atoms with Gasteiger partial charge in [-0.1, -0.05) is 49.2 Å². The van der Waals surface area contributed by atoms with Crippen LogP contribution in [0.5, 0.6) is 11.5 Å². The Morgan fingerprint density at radius 2 is 1.72 bits per heavy atom. The second-order valence-electron chi connectivity index (χ2n) is 8.27. The number of carbonyl (C=O) groups is 2. The van der Waals surface area contributed by atoms with E-state index in [4.69, 9.17) is 32.7 Å². The Bertz CT molecular complexity index is 980. The molecule has 0 saturated heterocycles. The summed E-state index contributed by atoms with van der Waals surface area (Å²) in [6.45, 7) is 6.80. The number of nitrogens with one attached hydrogen (secondary N) is 1. The van der Waals surface area contributed by atoms with Crippen LogP contribution >= 0.6 is 23.2 Å². The van der Waals surface area contributed by atoms with Gasteiger partial charge in [-0.05, 0) is 54.7 Å². The first-order valence-corrected chi connectivity index (χ1v) is 11.4. The molecule has 2 aromatic rings. The van der Waals surface area contributed by atoms with Gasteiger partial charge in [-0.25, -0.2) is 0 Å². The minimum absolute atomic E-state index is 0.124. The lowest BCUT2D eigenvalue weighted by Crippen LogP contribution is -2.48. The number of benzene rings is 2. The van der Waals surface area contributed by atoms with E-state index in [1.807, 2.05) is 38.1 Å². The summed E-state index contributed by atoms with van der Waals surface area (Å²) in [5.74, 6) is 1.40. The average molecular weight is 479 g/mol. The molecule has 0 unspecified atom stereocenters. The summed E-state index contributed by atoms with van der Waals surface area (Å²) in [7, 11) is 0. The zero-order chi connectivity index (χ0) is 23.3. The van der Waals surface area contributed by atoms with Crippen molar-refractivity contribution in [1.29, 1.82) is 0 Å². The highest BCUT2D eigenvalue weighted by Crippen LogP contribution is 2.33. The molecule has 172 valence electrons. The summed E-state index contributed by atoms with van der Waals surface area (Å²) in [5, 5.41) is 3.77. The first-order valence-electron chi connectivity index (χ1n) is 10.6. The van der Waals surface area contributed by atoms with Crippen LogP contribution in [0.1, 0.15) is 38.3 Å². The van der Waals surface area contributed by atoms with Gasteiger partial charge < -0.3 is 19.7 Å². The molecule has 0 fully saturated rings. The second kappa shape index (κ2) is 10.9. The lowest BCUT2D eigenvalue weighted by molar-refractivity contribution is -0.140. The lowest BCUT2D eigenvalue weighted by atomic mass is 10.1. The zero-order valence-electron chi connectivity index (χ0n) is 18.5. The monoisotopic (exact) mass is 478 g/mol. The number of halogens is 2. The smallest absolute Gasteiger partial charge is 0.242 e. The van der Waals surface area contributed by atoms with Crippen LogP contribution in [0.2, 0.25) is 10.0 Å². The van der Waals surface area contributed by atoms with Crippen LogP contribution in [0, 0.1) is 5.92 Å². The van der Waals surface area contributed by atoms with Crippen LogP contribution in [0.25, 0.3) is 0 Å². The number of nitrogens with zero attached hydrogens (tertiary/aromatic N) is 1. The molecule has 1 aliphatic heterocycles. The van der Waals surface area contributed by atoms with Gasteiger partial charge in [0.1, 0.15) is 6.04 Å². The van der Waals surface area contributed by atoms with E-state index in [0.29, 0.717) is 40.4 Å². The number of hydrogen-bond donors (Lipinski definition) is 1. The molecule has 0 radical (unpaired) electrons. The first kappa shape index (κ1) is 24.2. The Balaban J connectivity index is 1.72. The molecule has 0 spiro atoms. The number of fused-ring (bicyclic) bond motifs is 1. The average Bonchev–Trinajstić information content (AvgIpc) is 3.24. The van der Waals surface area contributed by atoms with Crippen LogP contribution in [0.4, 0.5) is 0 Å². The normalized spacial score (nSPS) is 13.2. The minimum Gasteiger partial charge on any atom is -0.454 e. The number of aryl methyl sites for hydroxylation is 1. The third kappa shape index (κ3) is 6.30. The summed E-state index contributed by atoms with van der Waals surface area (Å²) in [6.07, 6.45) is 0.774. The molecule has 2 aromatic carbocycles. The molecule has 1 aliphatic rings. The van der Waals surface area contributed by atoms with Crippen LogP contribution in [-0.4, -0.2) is 36.1 Å². The van der Waals surface area contributed by atoms with Gasteiger partial charge in [-0.3, -0.25) is 9.59 Å². The molecule has 0 saturated carbocycles. The van der Waals surface area contributed by atoms with Crippen molar-refractivity contribution in [3.8, 4) is 11.5 Å². The predicted octanol–water partition coefficient (Wildman–Crippen LogP) is 4.84. The van der Waals surface area contributed by atoms with Gasteiger partial charge in [0.2, 0.25) is 18.6 Å². The highest BCUT2D eigenvalue weighted by Gasteiger charge is 2.26. The maximum absolute atomic E-state index is 13.2. The van der Waals surface area contributed by atoms with Crippen molar-refractivity contribution in [3.05, 3.63) is 57.6 Å². The molecular weight excluding hydrogens is 451 g/mol. The van der Waals surface area contributed by atoms with Crippen LogP contribution in [0.3, 0.4) is 0 Å². The van der Waals surface area contributed by atoms with E-state index < -0.39 is 6.04 Å². The number of carbonyl (C=O) groups excluding carboxylic acids is 2. The van der Waals surface area contributed by atoms with Gasteiger partial charge in [0.25, 0.3) is 0 Å². The molecule has 1 atom stereocenters. The Labute approximate surface area is 198 Å². The minimum atomic E-state index is -0.632. The quantitative estimate of drug-likeness (QED) is 0.559. The van der Waals surface area contributed by atoms with Crippen molar-refractivity contribution >= 4 is 35.0 Å². The molecule has 1 heterocycles. The van der Waals surface area contributed by atoms with Gasteiger partial charge >= 0.3 is 0 Å². The van der Waals surface area contributed by atoms with Crippen LogP contribution in [0.15, 0.2) is 36.4 Å². The second-order valence-corrected chi connectivity index (χ2v) is 9.09. The van der Waals surface area contributed by atoms with Crippen molar-refractivity contribution < 1.29 is 19.1 Å². The van der Waals surface area contributed by atoms with Gasteiger partial charge in [0, 0.05) is 19.5 Å². The molecule has 0 aliphatic carbocycles. The molecule has 32 heavy (non-hydrogen) atoms. The van der Waals surface area contributed by atoms with Crippen molar-refractivity contribution in [2.24, 2.45) is 5.92 Å². The molecule has 6 nitrogen and oxygen atoms in total. The summed E-state index contributed by atoms with van der Waals surface area (Å²) >= 11 is 12.2. The van der Waals surface area contributed by atoms with E-state index in [1.54, 1.807) is 24.0 Å². The van der Waals surface area contributed by atoms with E-state index in [9.17, 15) is 9.59 Å². The SMILES string of the molecule is CC(C)CNC(=O)[C@H](C)N(Cc1ccc(Cl)c(Cl)c1)C(=O)CCc1ccc2c(c1)OCO2. The fraction of sp³-hybridized carbons (Fsp3) is 0.417. The van der Waals surface area contributed by atoms with Crippen molar-refractivity contribution in [1.82, 2.24) is 10.2 Å². The number of ether oxygens (including phenoxy) is 2. The van der Waals surface area contributed by atoms with E-state index in [1.165, 1.54) is 0 Å². The molecule has 0 aromatic heterocycles. The fourth-order valence-electron chi connectivity index (χ4n) is 3.36. The van der Waals surface area contributed by atoms with Crippen molar-refractivity contribution in [2.75, 3.05) is 13.3 Å². The topological polar surface area (TPSA) is 67.9 Å². The number of hydrogen-bond acceptors (Lipinski definition) is 4. The Morgan fingerprint density at radius 3 is 2.44 bits per heavy atom. The van der Waals surface area contributed by atoms with Crippen molar-refractivity contribution in [3.63, 3.8) is 0 Å². The molecule has 8 heteroatoms. The summed E-state index contributed by atoms with van der Waals surface area (Å²) in [6, 6.07) is 10.2. The molecular formula is C24H28Cl2N2O4. The summed E-state index contributed by atoms with van der Waals surface area (Å²) in [5.41, 5.74) is 1.77. The van der Waals surface area contributed by atoms with E-state index in [0.717, 1.165) is 11.1 Å². The fourth-order valence-corrected chi connectivity index (χ4v) is 3.68. The van der Waals surface area contributed by atoms with E-state index in [2.05, 4.69) is 5.32 Å². The third-order valence-electron chi connectivity index (χ3n) is 5.25. The molecule has 1 N–H and O–H groups in total. The van der Waals surface area contributed by atoms with Crippen LogP contribution < -0.4 is 14.8 Å². The Morgan fingerprint density at radius 1 is 1.00 bits per heavy atom. The Kier molecular flexibility index (Phi) is 8.26. The molecule has 2 amide bonds. The maximum Gasteiger partial charge on any atom is 0.242 e. The van der Waals surface area contributed by atoms with E-state index >= 15 is 0 Å². The summed E-state index contributed by atoms with van der Waals surface area (Å²) in [4.78, 5) is 27.5.